The summed E-state index contributed by atoms with van der Waals surface area (Å²) < 4.78 is 5.73. The maximum absolute atomic E-state index is 12.5. The number of methoxy groups -OCH3 is 1. The van der Waals surface area contributed by atoms with Crippen molar-refractivity contribution < 1.29 is 19.1 Å². The average molecular weight is 419 g/mol. The quantitative estimate of drug-likeness (QED) is 0.706. The molecular weight excluding hydrogens is 400 g/mol. The third-order valence-corrected chi connectivity index (χ3v) is 4.12. The minimum atomic E-state index is -0.821. The summed E-state index contributed by atoms with van der Waals surface area (Å²) in [7, 11) is 1.28. The number of halogens is 1. The summed E-state index contributed by atoms with van der Waals surface area (Å²) in [6.07, 6.45) is 0.303. The number of anilines is 1. The van der Waals surface area contributed by atoms with Crippen molar-refractivity contribution in [3.63, 3.8) is 0 Å². The molecule has 0 saturated heterocycles. The van der Waals surface area contributed by atoms with Crippen molar-refractivity contribution in [2.24, 2.45) is 0 Å². The van der Waals surface area contributed by atoms with Gasteiger partial charge in [-0.25, -0.2) is 4.79 Å². The first-order valence-corrected chi connectivity index (χ1v) is 8.69. The Balaban J connectivity index is 2.14. The first kappa shape index (κ1) is 19.7. The zero-order chi connectivity index (χ0) is 19.1. The lowest BCUT2D eigenvalue weighted by Gasteiger charge is -2.17. The van der Waals surface area contributed by atoms with E-state index in [1.165, 1.54) is 14.0 Å². The van der Waals surface area contributed by atoms with Crippen molar-refractivity contribution in [1.29, 1.82) is 0 Å². The van der Waals surface area contributed by atoms with Gasteiger partial charge in [-0.05, 0) is 35.9 Å². The number of nitrogens with one attached hydrogen (secondary N) is 2. The van der Waals surface area contributed by atoms with E-state index in [0.717, 1.165) is 10.0 Å². The highest BCUT2D eigenvalue weighted by Gasteiger charge is 2.22. The van der Waals surface area contributed by atoms with Crippen LogP contribution >= 0.6 is 15.9 Å². The molecule has 0 aliphatic heterocycles. The summed E-state index contributed by atoms with van der Waals surface area (Å²) in [4.78, 5) is 35.7. The lowest BCUT2D eigenvalue weighted by molar-refractivity contribution is -0.142. The van der Waals surface area contributed by atoms with E-state index in [1.54, 1.807) is 24.3 Å². The Hall–Kier alpha value is -2.67. The molecule has 2 aromatic rings. The van der Waals surface area contributed by atoms with Crippen LogP contribution in [0.15, 0.2) is 53.0 Å². The predicted octanol–water partition coefficient (Wildman–Crippen LogP) is 2.92. The number of hydrogen-bond donors (Lipinski definition) is 2. The fourth-order valence-corrected chi connectivity index (χ4v) is 2.64. The molecule has 2 rings (SSSR count). The molecule has 2 N–H and O–H groups in total. The lowest BCUT2D eigenvalue weighted by Crippen LogP contribution is -2.43. The highest BCUT2D eigenvalue weighted by atomic mass is 79.9. The second-order valence-electron chi connectivity index (χ2n) is 5.64. The second kappa shape index (κ2) is 9.15. The Morgan fingerprint density at radius 2 is 1.81 bits per heavy atom. The maximum Gasteiger partial charge on any atom is 0.328 e. The van der Waals surface area contributed by atoms with Gasteiger partial charge in [0.15, 0.2) is 0 Å². The summed E-state index contributed by atoms with van der Waals surface area (Å²) in [5.74, 6) is -1.19. The number of benzene rings is 2. The zero-order valence-corrected chi connectivity index (χ0v) is 16.0. The van der Waals surface area contributed by atoms with Gasteiger partial charge < -0.3 is 15.4 Å². The first-order valence-electron chi connectivity index (χ1n) is 7.90. The molecule has 0 unspecified atom stereocenters. The zero-order valence-electron chi connectivity index (χ0n) is 14.4. The van der Waals surface area contributed by atoms with E-state index in [9.17, 15) is 14.4 Å². The SMILES string of the molecule is COC(=O)[C@H](Cc1ccc(Br)cc1)NC(=O)c1cccc(NC(C)=O)c1. The minimum Gasteiger partial charge on any atom is -0.467 e. The second-order valence-corrected chi connectivity index (χ2v) is 6.56. The minimum absolute atomic E-state index is 0.231. The molecule has 0 fully saturated rings. The van der Waals surface area contributed by atoms with E-state index in [-0.39, 0.29) is 5.91 Å². The van der Waals surface area contributed by atoms with Crippen LogP contribution in [-0.4, -0.2) is 30.9 Å². The summed E-state index contributed by atoms with van der Waals surface area (Å²) in [6, 6.07) is 13.1. The molecule has 0 aromatic heterocycles. The molecule has 6 nitrogen and oxygen atoms in total. The van der Waals surface area contributed by atoms with Crippen molar-refractivity contribution in [3.8, 4) is 0 Å². The van der Waals surface area contributed by atoms with Crippen LogP contribution in [0.1, 0.15) is 22.8 Å². The van der Waals surface area contributed by atoms with Crippen molar-refractivity contribution in [2.75, 3.05) is 12.4 Å². The molecule has 2 amide bonds. The number of hydrogen-bond acceptors (Lipinski definition) is 4. The van der Waals surface area contributed by atoms with Crippen LogP contribution in [0.5, 0.6) is 0 Å². The molecular formula is C19H19BrN2O4. The van der Waals surface area contributed by atoms with Gasteiger partial charge in [0.2, 0.25) is 5.91 Å². The first-order chi connectivity index (χ1) is 12.4. The third-order valence-electron chi connectivity index (χ3n) is 3.59. The van der Waals surface area contributed by atoms with E-state index >= 15 is 0 Å². The topological polar surface area (TPSA) is 84.5 Å². The van der Waals surface area contributed by atoms with Crippen LogP contribution in [0.4, 0.5) is 5.69 Å². The molecule has 2 aromatic carbocycles. The van der Waals surface area contributed by atoms with Crippen molar-refractivity contribution >= 4 is 39.4 Å². The van der Waals surface area contributed by atoms with Crippen molar-refractivity contribution in [2.45, 2.75) is 19.4 Å². The molecule has 0 spiro atoms. The molecule has 0 heterocycles. The highest BCUT2D eigenvalue weighted by Crippen LogP contribution is 2.14. The Morgan fingerprint density at radius 3 is 2.42 bits per heavy atom. The Kier molecular flexibility index (Phi) is 6.91. The van der Waals surface area contributed by atoms with Gasteiger partial charge in [0.05, 0.1) is 7.11 Å². The van der Waals surface area contributed by atoms with Crippen LogP contribution in [0.3, 0.4) is 0 Å². The van der Waals surface area contributed by atoms with Crippen molar-refractivity contribution in [3.05, 3.63) is 64.1 Å². The largest absolute Gasteiger partial charge is 0.467 e. The summed E-state index contributed by atoms with van der Waals surface area (Å²) in [6.45, 7) is 1.39. The Morgan fingerprint density at radius 1 is 1.12 bits per heavy atom. The summed E-state index contributed by atoms with van der Waals surface area (Å²) >= 11 is 3.36. The normalized spacial score (nSPS) is 11.3. The van der Waals surface area contributed by atoms with Crippen LogP contribution in [0, 0.1) is 0 Å². The van der Waals surface area contributed by atoms with E-state index in [2.05, 4.69) is 26.6 Å². The number of ether oxygens (including phenoxy) is 1. The van der Waals surface area contributed by atoms with Gasteiger partial charge in [0.1, 0.15) is 6.04 Å². The van der Waals surface area contributed by atoms with Gasteiger partial charge in [-0.3, -0.25) is 9.59 Å². The predicted molar refractivity (Wildman–Crippen MR) is 102 cm³/mol. The van der Waals surface area contributed by atoms with Gasteiger partial charge in [-0.15, -0.1) is 0 Å². The fraction of sp³-hybridized carbons (Fsp3) is 0.211. The third kappa shape index (κ3) is 5.70. The lowest BCUT2D eigenvalue weighted by atomic mass is 10.1. The smallest absolute Gasteiger partial charge is 0.328 e. The van der Waals surface area contributed by atoms with Crippen LogP contribution in [0.2, 0.25) is 0 Å². The van der Waals surface area contributed by atoms with E-state index in [0.29, 0.717) is 17.7 Å². The van der Waals surface area contributed by atoms with Gasteiger partial charge in [-0.1, -0.05) is 34.1 Å². The molecule has 26 heavy (non-hydrogen) atoms. The monoisotopic (exact) mass is 418 g/mol. The van der Waals surface area contributed by atoms with E-state index in [1.807, 2.05) is 24.3 Å². The number of carbonyl (C=O) groups is 3. The summed E-state index contributed by atoms with van der Waals surface area (Å²) in [5, 5.41) is 5.31. The van der Waals surface area contributed by atoms with Gasteiger partial charge in [0.25, 0.3) is 5.91 Å². The van der Waals surface area contributed by atoms with Crippen molar-refractivity contribution in [1.82, 2.24) is 5.32 Å². The van der Waals surface area contributed by atoms with Crippen LogP contribution < -0.4 is 10.6 Å². The maximum atomic E-state index is 12.5. The fourth-order valence-electron chi connectivity index (χ4n) is 2.37. The molecule has 0 saturated carbocycles. The number of amides is 2. The number of carbonyl (C=O) groups excluding carboxylic acids is 3. The van der Waals surface area contributed by atoms with E-state index < -0.39 is 17.9 Å². The highest BCUT2D eigenvalue weighted by molar-refractivity contribution is 9.10. The van der Waals surface area contributed by atoms with Gasteiger partial charge in [-0.2, -0.15) is 0 Å². The van der Waals surface area contributed by atoms with Gasteiger partial charge in [0, 0.05) is 29.1 Å². The number of rotatable bonds is 6. The Bertz CT molecular complexity index is 805. The molecule has 7 heteroatoms. The molecule has 0 aliphatic rings. The average Bonchev–Trinajstić information content (AvgIpc) is 2.62. The van der Waals surface area contributed by atoms with Crippen LogP contribution in [0.25, 0.3) is 0 Å². The molecule has 0 bridgehead atoms. The molecule has 0 aliphatic carbocycles. The van der Waals surface area contributed by atoms with Gasteiger partial charge >= 0.3 is 5.97 Å². The van der Waals surface area contributed by atoms with E-state index in [4.69, 9.17) is 4.74 Å². The molecule has 136 valence electrons. The molecule has 1 atom stereocenters. The standard InChI is InChI=1S/C19H19BrN2O4/c1-12(23)21-16-5-3-4-14(11-16)18(24)22-17(19(25)26-2)10-13-6-8-15(20)9-7-13/h3-9,11,17H,10H2,1-2H3,(H,21,23)(H,22,24)/t17-/m0/s1. The van der Waals surface area contributed by atoms with Crippen LogP contribution in [-0.2, 0) is 20.7 Å². The number of esters is 1. The Labute approximate surface area is 160 Å². The summed E-state index contributed by atoms with van der Waals surface area (Å²) in [5.41, 5.74) is 1.73. The molecule has 0 radical (unpaired) electrons.